The van der Waals surface area contributed by atoms with Gasteiger partial charge in [-0.1, -0.05) is 0 Å². The number of aromatic nitrogens is 2. The Bertz CT molecular complexity index is 556. The Morgan fingerprint density at radius 1 is 1.39 bits per heavy atom. The van der Waals surface area contributed by atoms with Gasteiger partial charge in [-0.05, 0) is 30.9 Å². The second kappa shape index (κ2) is 4.90. The van der Waals surface area contributed by atoms with E-state index in [0.717, 1.165) is 50.1 Å². The molecule has 0 aliphatic carbocycles. The summed E-state index contributed by atoms with van der Waals surface area (Å²) in [6.07, 6.45) is 7.76. The van der Waals surface area contributed by atoms with Crippen molar-refractivity contribution in [1.82, 2.24) is 9.38 Å². The molecule has 2 aromatic heterocycles. The van der Waals surface area contributed by atoms with Crippen LogP contribution in [0.15, 0.2) is 24.5 Å². The molecule has 3 rings (SSSR count). The Morgan fingerprint density at radius 3 is 3.00 bits per heavy atom. The molecule has 94 valence electrons. The van der Waals surface area contributed by atoms with E-state index in [4.69, 9.17) is 4.74 Å². The summed E-state index contributed by atoms with van der Waals surface area (Å²) in [6, 6.07) is 3.76. The van der Waals surface area contributed by atoms with Gasteiger partial charge in [0.25, 0.3) is 0 Å². The molecule has 18 heavy (non-hydrogen) atoms. The summed E-state index contributed by atoms with van der Waals surface area (Å²) < 4.78 is 7.40. The maximum absolute atomic E-state index is 10.8. The van der Waals surface area contributed by atoms with Crippen molar-refractivity contribution in [3.8, 4) is 0 Å². The molecule has 4 nitrogen and oxygen atoms in total. The van der Waals surface area contributed by atoms with Crippen LogP contribution in [0, 0.1) is 5.92 Å². The number of imidazole rings is 1. The van der Waals surface area contributed by atoms with Crippen molar-refractivity contribution in [1.29, 1.82) is 0 Å². The lowest BCUT2D eigenvalue weighted by molar-refractivity contribution is 0.0659. The molecule has 0 saturated carbocycles. The van der Waals surface area contributed by atoms with Crippen LogP contribution in [0.1, 0.15) is 29.0 Å². The van der Waals surface area contributed by atoms with E-state index >= 15 is 0 Å². The number of rotatable bonds is 3. The minimum Gasteiger partial charge on any atom is -0.381 e. The third kappa shape index (κ3) is 2.16. The fraction of sp³-hybridized carbons (Fsp3) is 0.429. The van der Waals surface area contributed by atoms with Crippen LogP contribution in [0.4, 0.5) is 0 Å². The number of aldehydes is 1. The Balaban J connectivity index is 1.88. The fourth-order valence-electron chi connectivity index (χ4n) is 2.49. The van der Waals surface area contributed by atoms with E-state index in [9.17, 15) is 4.79 Å². The summed E-state index contributed by atoms with van der Waals surface area (Å²) in [5.41, 5.74) is 1.73. The minimum absolute atomic E-state index is 0.643. The molecule has 4 heteroatoms. The first-order chi connectivity index (χ1) is 8.86. The summed E-state index contributed by atoms with van der Waals surface area (Å²) in [7, 11) is 0. The normalized spacial score (nSPS) is 17.1. The molecular weight excluding hydrogens is 228 g/mol. The molecule has 0 unspecified atom stereocenters. The maximum Gasteiger partial charge on any atom is 0.151 e. The highest BCUT2D eigenvalue weighted by atomic mass is 16.5. The topological polar surface area (TPSA) is 43.6 Å². The molecule has 0 spiro atoms. The molecule has 1 aliphatic rings. The molecule has 0 amide bonds. The molecule has 1 saturated heterocycles. The number of carbonyl (C=O) groups is 1. The van der Waals surface area contributed by atoms with Crippen molar-refractivity contribution in [2.45, 2.75) is 19.3 Å². The van der Waals surface area contributed by atoms with Gasteiger partial charge in [0.1, 0.15) is 5.82 Å². The van der Waals surface area contributed by atoms with Gasteiger partial charge >= 0.3 is 0 Å². The van der Waals surface area contributed by atoms with Crippen LogP contribution in [0.2, 0.25) is 0 Å². The van der Waals surface area contributed by atoms with E-state index in [0.29, 0.717) is 11.5 Å². The van der Waals surface area contributed by atoms with E-state index < -0.39 is 0 Å². The van der Waals surface area contributed by atoms with Gasteiger partial charge in [-0.2, -0.15) is 0 Å². The fourth-order valence-corrected chi connectivity index (χ4v) is 2.49. The highest BCUT2D eigenvalue weighted by Gasteiger charge is 2.16. The van der Waals surface area contributed by atoms with Crippen LogP contribution in [-0.2, 0) is 11.2 Å². The third-order valence-electron chi connectivity index (χ3n) is 3.58. The first kappa shape index (κ1) is 11.4. The first-order valence-electron chi connectivity index (χ1n) is 6.36. The Kier molecular flexibility index (Phi) is 3.11. The van der Waals surface area contributed by atoms with Crippen molar-refractivity contribution in [2.75, 3.05) is 13.2 Å². The third-order valence-corrected chi connectivity index (χ3v) is 3.58. The average Bonchev–Trinajstić information content (AvgIpc) is 2.82. The number of pyridine rings is 1. The van der Waals surface area contributed by atoms with Gasteiger partial charge in [0.2, 0.25) is 0 Å². The molecule has 0 aromatic carbocycles. The highest BCUT2D eigenvalue weighted by molar-refractivity contribution is 5.75. The number of hydrogen-bond donors (Lipinski definition) is 0. The van der Waals surface area contributed by atoms with Gasteiger partial charge in [0, 0.05) is 31.4 Å². The van der Waals surface area contributed by atoms with Crippen molar-refractivity contribution >= 4 is 11.8 Å². The Labute approximate surface area is 106 Å². The van der Waals surface area contributed by atoms with E-state index in [1.165, 1.54) is 0 Å². The van der Waals surface area contributed by atoms with Gasteiger partial charge in [0.15, 0.2) is 6.29 Å². The van der Waals surface area contributed by atoms with Gasteiger partial charge in [0.05, 0.1) is 11.7 Å². The zero-order valence-electron chi connectivity index (χ0n) is 10.2. The van der Waals surface area contributed by atoms with Crippen molar-refractivity contribution in [3.05, 3.63) is 35.9 Å². The minimum atomic E-state index is 0.643. The van der Waals surface area contributed by atoms with Crippen molar-refractivity contribution in [2.24, 2.45) is 5.92 Å². The maximum atomic E-state index is 10.8. The summed E-state index contributed by atoms with van der Waals surface area (Å²) in [6.45, 7) is 1.71. The van der Waals surface area contributed by atoms with E-state index in [1.54, 1.807) is 0 Å². The van der Waals surface area contributed by atoms with Crippen molar-refractivity contribution < 1.29 is 9.53 Å². The quantitative estimate of drug-likeness (QED) is 0.777. The molecule has 2 aromatic rings. The molecule has 0 atom stereocenters. The summed E-state index contributed by atoms with van der Waals surface area (Å²) >= 11 is 0. The molecular formula is C14H16N2O2. The monoisotopic (exact) mass is 244 g/mol. The van der Waals surface area contributed by atoms with Gasteiger partial charge in [-0.3, -0.25) is 4.79 Å². The van der Waals surface area contributed by atoms with E-state index in [1.807, 2.05) is 28.9 Å². The summed E-state index contributed by atoms with van der Waals surface area (Å²) in [5.74, 6) is 1.69. The summed E-state index contributed by atoms with van der Waals surface area (Å²) in [4.78, 5) is 15.3. The van der Waals surface area contributed by atoms with Crippen LogP contribution in [-0.4, -0.2) is 28.9 Å². The lowest BCUT2D eigenvalue weighted by atomic mass is 9.96. The predicted molar refractivity (Wildman–Crippen MR) is 67.8 cm³/mol. The largest absolute Gasteiger partial charge is 0.381 e. The number of hydrogen-bond acceptors (Lipinski definition) is 3. The molecule has 0 bridgehead atoms. The number of nitrogens with zero attached hydrogens (tertiary/aromatic N) is 2. The Hall–Kier alpha value is -1.68. The molecule has 1 fully saturated rings. The lowest BCUT2D eigenvalue weighted by Gasteiger charge is -2.21. The SMILES string of the molecule is O=Cc1ccc2cnc(CC3CCOCC3)n2c1. The first-order valence-corrected chi connectivity index (χ1v) is 6.36. The van der Waals surface area contributed by atoms with Gasteiger partial charge < -0.3 is 9.14 Å². The van der Waals surface area contributed by atoms with Crippen molar-refractivity contribution in [3.63, 3.8) is 0 Å². The zero-order valence-corrected chi connectivity index (χ0v) is 10.2. The zero-order chi connectivity index (χ0) is 12.4. The molecule has 0 radical (unpaired) electrons. The van der Waals surface area contributed by atoms with E-state index in [-0.39, 0.29) is 0 Å². The average molecular weight is 244 g/mol. The number of fused-ring (bicyclic) bond motifs is 1. The lowest BCUT2D eigenvalue weighted by Crippen LogP contribution is -2.18. The van der Waals surface area contributed by atoms with Gasteiger partial charge in [-0.25, -0.2) is 4.98 Å². The van der Waals surface area contributed by atoms with Crippen LogP contribution in [0.5, 0.6) is 0 Å². The predicted octanol–water partition coefficient (Wildman–Crippen LogP) is 2.12. The van der Waals surface area contributed by atoms with E-state index in [2.05, 4.69) is 4.98 Å². The smallest absolute Gasteiger partial charge is 0.151 e. The number of carbonyl (C=O) groups excluding carboxylic acids is 1. The van der Waals surface area contributed by atoms with Crippen LogP contribution in [0.25, 0.3) is 5.52 Å². The molecule has 0 N–H and O–H groups in total. The van der Waals surface area contributed by atoms with Crippen LogP contribution in [0.3, 0.4) is 0 Å². The Morgan fingerprint density at radius 2 is 2.22 bits per heavy atom. The van der Waals surface area contributed by atoms with Crippen LogP contribution < -0.4 is 0 Å². The number of ether oxygens (including phenoxy) is 1. The molecule has 1 aliphatic heterocycles. The second-order valence-electron chi connectivity index (χ2n) is 4.81. The second-order valence-corrected chi connectivity index (χ2v) is 4.81. The summed E-state index contributed by atoms with van der Waals surface area (Å²) in [5, 5.41) is 0. The highest BCUT2D eigenvalue weighted by Crippen LogP contribution is 2.20. The standard InChI is InChI=1S/C14H16N2O2/c17-10-12-1-2-13-8-15-14(16(13)9-12)7-11-3-5-18-6-4-11/h1-2,8-11H,3-7H2. The molecule has 3 heterocycles. The van der Waals surface area contributed by atoms with Gasteiger partial charge in [-0.15, -0.1) is 0 Å². The van der Waals surface area contributed by atoms with Crippen LogP contribution >= 0.6 is 0 Å².